The van der Waals surface area contributed by atoms with E-state index in [-0.39, 0.29) is 11.5 Å². The molecular formula is C22H19N3O3. The highest BCUT2D eigenvalue weighted by Crippen LogP contribution is 2.14. The second-order valence-electron chi connectivity index (χ2n) is 6.66. The molecule has 2 heterocycles. The van der Waals surface area contributed by atoms with E-state index in [0.717, 1.165) is 11.5 Å². The molecule has 2 aromatic carbocycles. The van der Waals surface area contributed by atoms with Gasteiger partial charge in [0.2, 0.25) is 0 Å². The number of amides is 1. The van der Waals surface area contributed by atoms with Crippen molar-refractivity contribution in [3.63, 3.8) is 0 Å². The van der Waals surface area contributed by atoms with Gasteiger partial charge in [0, 0.05) is 12.6 Å². The highest BCUT2D eigenvalue weighted by atomic mass is 16.3. The largest absolute Gasteiger partial charge is 0.464 e. The Morgan fingerprint density at radius 2 is 1.82 bits per heavy atom. The van der Waals surface area contributed by atoms with Gasteiger partial charge in [-0.25, -0.2) is 4.98 Å². The SMILES string of the molecule is Cc1ccc(CN(C)C(=O)c2ccc(-n3cnc4ccccc4c3=O)cc2)o1. The topological polar surface area (TPSA) is 68.3 Å². The van der Waals surface area contributed by atoms with Gasteiger partial charge >= 0.3 is 0 Å². The fourth-order valence-electron chi connectivity index (χ4n) is 3.11. The van der Waals surface area contributed by atoms with Gasteiger partial charge in [0.1, 0.15) is 17.8 Å². The summed E-state index contributed by atoms with van der Waals surface area (Å²) in [5.41, 5.74) is 1.71. The standard InChI is InChI=1S/C22H19N3O3/c1-15-7-12-18(28-15)13-24(2)21(26)16-8-10-17(11-9-16)25-14-23-20-6-4-3-5-19(20)22(25)27/h3-12,14H,13H2,1-2H3. The summed E-state index contributed by atoms with van der Waals surface area (Å²) in [5, 5.41) is 0.554. The van der Waals surface area contributed by atoms with Gasteiger partial charge in [0.15, 0.2) is 0 Å². The molecule has 28 heavy (non-hydrogen) atoms. The van der Waals surface area contributed by atoms with Crippen molar-refractivity contribution in [3.8, 4) is 5.69 Å². The number of nitrogens with zero attached hydrogens (tertiary/aromatic N) is 3. The van der Waals surface area contributed by atoms with Crippen molar-refractivity contribution in [2.24, 2.45) is 0 Å². The molecule has 0 spiro atoms. The molecule has 0 unspecified atom stereocenters. The van der Waals surface area contributed by atoms with E-state index in [4.69, 9.17) is 4.42 Å². The van der Waals surface area contributed by atoms with Gasteiger partial charge in [-0.1, -0.05) is 12.1 Å². The summed E-state index contributed by atoms with van der Waals surface area (Å²) < 4.78 is 7.00. The van der Waals surface area contributed by atoms with Crippen molar-refractivity contribution < 1.29 is 9.21 Å². The lowest BCUT2D eigenvalue weighted by Gasteiger charge is -2.16. The predicted octanol–water partition coefficient (Wildman–Crippen LogP) is 3.56. The fourth-order valence-corrected chi connectivity index (χ4v) is 3.11. The number of para-hydroxylation sites is 1. The molecule has 0 aliphatic rings. The zero-order valence-electron chi connectivity index (χ0n) is 15.6. The molecule has 4 aromatic rings. The third kappa shape index (κ3) is 3.32. The molecule has 0 radical (unpaired) electrons. The van der Waals surface area contributed by atoms with E-state index in [9.17, 15) is 9.59 Å². The maximum absolute atomic E-state index is 12.7. The molecule has 0 saturated heterocycles. The smallest absolute Gasteiger partial charge is 0.265 e. The second kappa shape index (κ2) is 7.15. The van der Waals surface area contributed by atoms with Crippen molar-refractivity contribution >= 4 is 16.8 Å². The normalized spacial score (nSPS) is 10.9. The van der Waals surface area contributed by atoms with Gasteiger partial charge in [-0.05, 0) is 55.5 Å². The van der Waals surface area contributed by atoms with Gasteiger partial charge in [0.25, 0.3) is 11.5 Å². The molecule has 0 aliphatic heterocycles. The number of rotatable bonds is 4. The van der Waals surface area contributed by atoms with Crippen molar-refractivity contribution in [3.05, 3.63) is 94.4 Å². The van der Waals surface area contributed by atoms with Crippen molar-refractivity contribution in [1.82, 2.24) is 14.5 Å². The predicted molar refractivity (Wildman–Crippen MR) is 107 cm³/mol. The Kier molecular flexibility index (Phi) is 4.53. The summed E-state index contributed by atoms with van der Waals surface area (Å²) >= 11 is 0. The number of hydrogen-bond acceptors (Lipinski definition) is 4. The van der Waals surface area contributed by atoms with Crippen LogP contribution in [0.4, 0.5) is 0 Å². The first kappa shape index (κ1) is 17.7. The molecule has 0 saturated carbocycles. The summed E-state index contributed by atoms with van der Waals surface area (Å²) in [7, 11) is 1.73. The van der Waals surface area contributed by atoms with Crippen molar-refractivity contribution in [2.75, 3.05) is 7.05 Å². The van der Waals surface area contributed by atoms with Gasteiger partial charge < -0.3 is 9.32 Å². The number of carbonyl (C=O) groups excluding carboxylic acids is 1. The first-order valence-electron chi connectivity index (χ1n) is 8.90. The van der Waals surface area contributed by atoms with Gasteiger partial charge in [0.05, 0.1) is 23.1 Å². The first-order chi connectivity index (χ1) is 13.5. The molecule has 4 rings (SSSR count). The monoisotopic (exact) mass is 373 g/mol. The van der Waals surface area contributed by atoms with Crippen LogP contribution >= 0.6 is 0 Å². The van der Waals surface area contributed by atoms with Crippen molar-refractivity contribution in [2.45, 2.75) is 13.5 Å². The maximum Gasteiger partial charge on any atom is 0.265 e. The van der Waals surface area contributed by atoms with E-state index in [1.807, 2.05) is 31.2 Å². The highest BCUT2D eigenvalue weighted by Gasteiger charge is 2.14. The number of carbonyl (C=O) groups is 1. The zero-order chi connectivity index (χ0) is 19.7. The van der Waals surface area contributed by atoms with Crippen LogP contribution < -0.4 is 5.56 Å². The Bertz CT molecular complexity index is 1210. The number of furan rings is 1. The molecule has 0 N–H and O–H groups in total. The number of hydrogen-bond donors (Lipinski definition) is 0. The Hall–Kier alpha value is -3.67. The van der Waals surface area contributed by atoms with Crippen molar-refractivity contribution in [1.29, 1.82) is 0 Å². The summed E-state index contributed by atoms with van der Waals surface area (Å²) in [6.07, 6.45) is 1.51. The third-order valence-electron chi connectivity index (χ3n) is 4.59. The lowest BCUT2D eigenvalue weighted by Crippen LogP contribution is -2.26. The van der Waals surface area contributed by atoms with E-state index in [0.29, 0.717) is 28.7 Å². The van der Waals surface area contributed by atoms with Crippen LogP contribution in [-0.4, -0.2) is 27.4 Å². The summed E-state index contributed by atoms with van der Waals surface area (Å²) in [4.78, 5) is 31.3. The van der Waals surface area contributed by atoms with Gasteiger partial charge in [-0.15, -0.1) is 0 Å². The third-order valence-corrected chi connectivity index (χ3v) is 4.59. The highest BCUT2D eigenvalue weighted by molar-refractivity contribution is 5.94. The quantitative estimate of drug-likeness (QED) is 0.548. The molecule has 0 atom stereocenters. The van der Waals surface area contributed by atoms with Crippen LogP contribution in [0.2, 0.25) is 0 Å². The molecular weight excluding hydrogens is 354 g/mol. The minimum absolute atomic E-state index is 0.121. The summed E-state index contributed by atoms with van der Waals surface area (Å²) in [6.45, 7) is 2.26. The number of aryl methyl sites for hydroxylation is 1. The van der Waals surface area contributed by atoms with Crippen LogP contribution in [0.25, 0.3) is 16.6 Å². The number of fused-ring (bicyclic) bond motifs is 1. The molecule has 140 valence electrons. The Morgan fingerprint density at radius 3 is 2.54 bits per heavy atom. The maximum atomic E-state index is 12.7. The van der Waals surface area contributed by atoms with Crippen LogP contribution in [0.1, 0.15) is 21.9 Å². The number of aromatic nitrogens is 2. The minimum Gasteiger partial charge on any atom is -0.464 e. The minimum atomic E-state index is -0.144. The Labute approximate surface area is 161 Å². The van der Waals surface area contributed by atoms with E-state index in [1.54, 1.807) is 48.3 Å². The Morgan fingerprint density at radius 1 is 1.07 bits per heavy atom. The molecule has 0 bridgehead atoms. The molecule has 0 fully saturated rings. The zero-order valence-corrected chi connectivity index (χ0v) is 15.6. The first-order valence-corrected chi connectivity index (χ1v) is 8.90. The average Bonchev–Trinajstić information content (AvgIpc) is 3.12. The Balaban J connectivity index is 1.58. The second-order valence-corrected chi connectivity index (χ2v) is 6.66. The van der Waals surface area contributed by atoms with Crippen LogP contribution in [-0.2, 0) is 6.54 Å². The average molecular weight is 373 g/mol. The van der Waals surface area contributed by atoms with Crippen LogP contribution in [0.15, 0.2) is 76.2 Å². The van der Waals surface area contributed by atoms with Crippen LogP contribution in [0.3, 0.4) is 0 Å². The number of benzene rings is 2. The lowest BCUT2D eigenvalue weighted by molar-refractivity contribution is 0.0775. The van der Waals surface area contributed by atoms with Gasteiger partial charge in [-0.2, -0.15) is 0 Å². The van der Waals surface area contributed by atoms with E-state index < -0.39 is 0 Å². The molecule has 6 heteroatoms. The summed E-state index contributed by atoms with van der Waals surface area (Å²) in [5.74, 6) is 1.43. The lowest BCUT2D eigenvalue weighted by atomic mass is 10.1. The van der Waals surface area contributed by atoms with Crippen LogP contribution in [0.5, 0.6) is 0 Å². The van der Waals surface area contributed by atoms with E-state index >= 15 is 0 Å². The fraction of sp³-hybridized carbons (Fsp3) is 0.136. The van der Waals surface area contributed by atoms with E-state index in [1.165, 1.54) is 10.9 Å². The summed E-state index contributed by atoms with van der Waals surface area (Å²) in [6, 6.07) is 17.9. The molecule has 0 aliphatic carbocycles. The van der Waals surface area contributed by atoms with Crippen LogP contribution in [0, 0.1) is 6.92 Å². The molecule has 1 amide bonds. The molecule has 2 aromatic heterocycles. The molecule has 6 nitrogen and oxygen atoms in total. The van der Waals surface area contributed by atoms with E-state index in [2.05, 4.69) is 4.98 Å². The van der Waals surface area contributed by atoms with Gasteiger partial charge in [-0.3, -0.25) is 14.2 Å².